The predicted octanol–water partition coefficient (Wildman–Crippen LogP) is -3.06. The standard InChI is InChI=1S/C3H9IN2O/c1-3-5-6(7)4-2/h5H,3H2,1-2H3/q-2. The van der Waals surface area contributed by atoms with Crippen molar-refractivity contribution in [1.29, 1.82) is 0 Å². The maximum absolute atomic E-state index is 10.3. The van der Waals surface area contributed by atoms with Crippen molar-refractivity contribution in [2.24, 2.45) is 0 Å². The number of hydrogen-bond donors (Lipinski definition) is 1. The summed E-state index contributed by atoms with van der Waals surface area (Å²) in [6.45, 7) is 2.64. The van der Waals surface area contributed by atoms with E-state index in [1.807, 2.05) is 11.9 Å². The molecule has 0 saturated heterocycles. The number of hydrogen-bond acceptors (Lipinski definition) is 3. The third-order valence-electron chi connectivity index (χ3n) is 0.436. The molecule has 0 aromatic rings. The van der Waals surface area contributed by atoms with E-state index in [0.29, 0.717) is 0 Å². The van der Waals surface area contributed by atoms with Gasteiger partial charge in [0.15, 0.2) is 0 Å². The summed E-state index contributed by atoms with van der Waals surface area (Å²) in [6, 6.07) is 0. The van der Waals surface area contributed by atoms with Gasteiger partial charge in [-0.3, -0.25) is 0 Å². The van der Waals surface area contributed by atoms with Crippen LogP contribution < -0.4 is 26.9 Å². The predicted molar refractivity (Wildman–Crippen MR) is 24.8 cm³/mol. The van der Waals surface area contributed by atoms with Crippen LogP contribution in [0.3, 0.4) is 0 Å². The van der Waals surface area contributed by atoms with Crippen molar-refractivity contribution in [3.8, 4) is 0 Å². The van der Waals surface area contributed by atoms with E-state index in [9.17, 15) is 5.21 Å². The summed E-state index contributed by atoms with van der Waals surface area (Å²) in [5.74, 6) is 0. The minimum atomic E-state index is -0.295. The molecule has 0 aliphatic carbocycles. The Balaban J connectivity index is 2.83. The molecule has 0 saturated carbocycles. The van der Waals surface area contributed by atoms with Crippen LogP contribution in [0.5, 0.6) is 0 Å². The molecule has 0 radical (unpaired) electrons. The van der Waals surface area contributed by atoms with Crippen LogP contribution >= 0.6 is 0 Å². The Morgan fingerprint density at radius 1 is 1.86 bits per heavy atom. The zero-order valence-corrected chi connectivity index (χ0v) is 6.60. The van der Waals surface area contributed by atoms with Crippen LogP contribution in [-0.2, 0) is 0 Å². The van der Waals surface area contributed by atoms with Gasteiger partial charge in [-0.1, -0.05) is 0 Å². The molecule has 4 heteroatoms. The van der Waals surface area contributed by atoms with E-state index in [1.54, 1.807) is 0 Å². The second-order valence-corrected chi connectivity index (χ2v) is 2.77. The summed E-state index contributed by atoms with van der Waals surface area (Å²) in [6.07, 6.45) is 0. The van der Waals surface area contributed by atoms with Crippen molar-refractivity contribution >= 4 is 0 Å². The van der Waals surface area contributed by atoms with Crippen LogP contribution in [0.25, 0.3) is 0 Å². The molecule has 0 aromatic heterocycles. The van der Waals surface area contributed by atoms with Crippen LogP contribution in [0.4, 0.5) is 0 Å². The summed E-state index contributed by atoms with van der Waals surface area (Å²) in [5.41, 5.74) is 2.62. The molecule has 0 aliphatic rings. The number of nitrogens with one attached hydrogen (secondary N) is 1. The minimum absolute atomic E-state index is 0.295. The summed E-state index contributed by atoms with van der Waals surface area (Å²) in [7, 11) is 0. The van der Waals surface area contributed by atoms with Crippen LogP contribution in [0.2, 0.25) is 0 Å². The summed E-state index contributed by atoms with van der Waals surface area (Å²) < 4.78 is 0.916. The molecule has 46 valence electrons. The van der Waals surface area contributed by atoms with Gasteiger partial charge >= 0.3 is 53.9 Å². The number of alkyl halides is 1. The van der Waals surface area contributed by atoms with Gasteiger partial charge in [-0.25, -0.2) is 0 Å². The molecule has 0 rings (SSSR count). The van der Waals surface area contributed by atoms with E-state index in [-0.39, 0.29) is 21.5 Å². The van der Waals surface area contributed by atoms with Crippen LogP contribution in [0, 0.1) is 5.21 Å². The number of halogens is 1. The van der Waals surface area contributed by atoms with Gasteiger partial charge in [0.25, 0.3) is 0 Å². The number of nitrogens with zero attached hydrogens (tertiary/aromatic N) is 1. The van der Waals surface area contributed by atoms with Gasteiger partial charge in [0, 0.05) is 0 Å². The quantitative estimate of drug-likeness (QED) is 0.236. The van der Waals surface area contributed by atoms with E-state index in [2.05, 4.69) is 5.43 Å². The Kier molecular flexibility index (Phi) is 5.18. The molecule has 0 spiro atoms. The summed E-state index contributed by atoms with van der Waals surface area (Å²) in [5, 5.41) is 10.3. The fourth-order valence-electron chi connectivity index (χ4n) is 0.184. The Labute approximate surface area is 54.2 Å². The fourth-order valence-corrected chi connectivity index (χ4v) is 0.866. The van der Waals surface area contributed by atoms with E-state index in [1.165, 1.54) is 0 Å². The number of hydrazine groups is 1. The fraction of sp³-hybridized carbons (Fsp3) is 1.00. The van der Waals surface area contributed by atoms with Crippen molar-refractivity contribution in [3.63, 3.8) is 0 Å². The second-order valence-electron chi connectivity index (χ2n) is 0.926. The van der Waals surface area contributed by atoms with E-state index in [0.717, 1.165) is 9.93 Å². The Morgan fingerprint density at radius 2 is 2.43 bits per heavy atom. The monoisotopic (exact) mass is 216 g/mol. The van der Waals surface area contributed by atoms with Crippen LogP contribution in [-0.4, -0.2) is 14.9 Å². The van der Waals surface area contributed by atoms with Gasteiger partial charge < -0.3 is 0 Å². The van der Waals surface area contributed by atoms with Gasteiger partial charge in [0.1, 0.15) is 0 Å². The van der Waals surface area contributed by atoms with Crippen molar-refractivity contribution < 1.29 is 21.5 Å². The van der Waals surface area contributed by atoms with Crippen molar-refractivity contribution in [1.82, 2.24) is 8.81 Å². The molecule has 1 N–H and O–H groups in total. The second kappa shape index (κ2) is 4.76. The van der Waals surface area contributed by atoms with E-state index >= 15 is 0 Å². The molecule has 0 heterocycles. The van der Waals surface area contributed by atoms with Crippen molar-refractivity contribution in [2.75, 3.05) is 11.5 Å². The van der Waals surface area contributed by atoms with E-state index < -0.39 is 0 Å². The Morgan fingerprint density at radius 3 is 2.57 bits per heavy atom. The molecule has 0 aliphatic heterocycles. The molecule has 0 bridgehead atoms. The third-order valence-corrected chi connectivity index (χ3v) is 1.65. The first kappa shape index (κ1) is 7.61. The molecule has 0 atom stereocenters. The SMILES string of the molecule is CCNN([O-])[I-]C. The molecule has 0 aromatic carbocycles. The first-order chi connectivity index (χ1) is 3.31. The maximum atomic E-state index is 10.3. The van der Waals surface area contributed by atoms with Gasteiger partial charge in [0.2, 0.25) is 0 Å². The summed E-state index contributed by atoms with van der Waals surface area (Å²) >= 11 is -0.295. The Bertz CT molecular complexity index is 43.9. The molecule has 3 nitrogen and oxygen atoms in total. The van der Waals surface area contributed by atoms with Gasteiger partial charge in [-0.05, 0) is 0 Å². The van der Waals surface area contributed by atoms with Gasteiger partial charge in [-0.2, -0.15) is 0 Å². The zero-order valence-electron chi connectivity index (χ0n) is 4.44. The average Bonchev–Trinajstić information content (AvgIpc) is 1.68. The number of rotatable bonds is 3. The van der Waals surface area contributed by atoms with Crippen LogP contribution in [0.15, 0.2) is 0 Å². The molecule has 7 heavy (non-hydrogen) atoms. The third kappa shape index (κ3) is 4.46. The molecule has 0 amide bonds. The molecular weight excluding hydrogens is 207 g/mol. The summed E-state index contributed by atoms with van der Waals surface area (Å²) in [4.78, 5) is 1.91. The molecule has 0 unspecified atom stereocenters. The van der Waals surface area contributed by atoms with Gasteiger partial charge in [0.05, 0.1) is 0 Å². The topological polar surface area (TPSA) is 38.3 Å². The van der Waals surface area contributed by atoms with Gasteiger partial charge in [-0.15, -0.1) is 0 Å². The zero-order chi connectivity index (χ0) is 5.70. The molecule has 0 fully saturated rings. The van der Waals surface area contributed by atoms with Crippen molar-refractivity contribution in [2.45, 2.75) is 6.92 Å². The first-order valence-electron chi connectivity index (χ1n) is 2.01. The van der Waals surface area contributed by atoms with Crippen LogP contribution in [0.1, 0.15) is 6.92 Å². The normalized spacial score (nSPS) is 10.9. The van der Waals surface area contributed by atoms with E-state index in [4.69, 9.17) is 0 Å². The first-order valence-corrected chi connectivity index (χ1v) is 5.14. The average molecular weight is 216 g/mol. The Hall–Kier alpha value is 0.610. The van der Waals surface area contributed by atoms with Crippen molar-refractivity contribution in [3.05, 3.63) is 5.21 Å². The molecular formula is C3H9IN2O-2.